The first kappa shape index (κ1) is 12.0. The van der Waals surface area contributed by atoms with Gasteiger partial charge in [-0.2, -0.15) is 0 Å². The van der Waals surface area contributed by atoms with E-state index in [0.29, 0.717) is 5.92 Å². The van der Waals surface area contributed by atoms with E-state index in [1.165, 1.54) is 5.56 Å². The number of rotatable bonds is 3. The highest BCUT2D eigenvalue weighted by molar-refractivity contribution is 5.44. The van der Waals surface area contributed by atoms with Gasteiger partial charge >= 0.3 is 0 Å². The average molecular weight is 233 g/mol. The summed E-state index contributed by atoms with van der Waals surface area (Å²) in [5.41, 5.74) is 7.37. The summed E-state index contributed by atoms with van der Waals surface area (Å²) < 4.78 is 10.6. The molecule has 2 atom stereocenters. The van der Waals surface area contributed by atoms with E-state index >= 15 is 0 Å². The molecule has 1 aromatic rings. The van der Waals surface area contributed by atoms with Crippen LogP contribution in [0.4, 0.5) is 0 Å². The van der Waals surface area contributed by atoms with Gasteiger partial charge in [0.1, 0.15) is 0 Å². The van der Waals surface area contributed by atoms with Gasteiger partial charge in [0.2, 0.25) is 0 Å². The van der Waals surface area contributed by atoms with Crippen LogP contribution in [0.15, 0.2) is 30.4 Å². The van der Waals surface area contributed by atoms with Crippen LogP contribution in [-0.2, 0) is 0 Å². The summed E-state index contributed by atoms with van der Waals surface area (Å²) in [5.74, 6) is 1.91. The third-order valence-electron chi connectivity index (χ3n) is 3.32. The summed E-state index contributed by atoms with van der Waals surface area (Å²) in [6.45, 7) is 0. The third-order valence-corrected chi connectivity index (χ3v) is 3.32. The molecule has 0 aliphatic heterocycles. The molecule has 3 nitrogen and oxygen atoms in total. The zero-order valence-electron chi connectivity index (χ0n) is 10.3. The molecular formula is C14H19NO2. The molecule has 0 heterocycles. The Hall–Kier alpha value is -1.48. The molecule has 1 aliphatic carbocycles. The minimum atomic E-state index is 0.193. The van der Waals surface area contributed by atoms with Gasteiger partial charge < -0.3 is 15.2 Å². The van der Waals surface area contributed by atoms with E-state index in [1.54, 1.807) is 14.2 Å². The lowest BCUT2D eigenvalue weighted by atomic mass is 9.84. The summed E-state index contributed by atoms with van der Waals surface area (Å²) in [5, 5.41) is 0. The maximum absolute atomic E-state index is 6.15. The summed E-state index contributed by atoms with van der Waals surface area (Å²) in [4.78, 5) is 0. The highest BCUT2D eigenvalue weighted by Gasteiger charge is 2.21. The SMILES string of the molecule is COc1ccc([C@@H]2CC=CC[C@H]2N)cc1OC. The van der Waals surface area contributed by atoms with Crippen LogP contribution in [0.3, 0.4) is 0 Å². The summed E-state index contributed by atoms with van der Waals surface area (Å²) in [6, 6.07) is 6.24. The van der Waals surface area contributed by atoms with Gasteiger partial charge in [-0.15, -0.1) is 0 Å². The van der Waals surface area contributed by atoms with E-state index in [-0.39, 0.29) is 6.04 Å². The summed E-state index contributed by atoms with van der Waals surface area (Å²) in [6.07, 6.45) is 6.29. The molecule has 0 bridgehead atoms. The maximum atomic E-state index is 6.15. The Labute approximate surface area is 102 Å². The van der Waals surface area contributed by atoms with Gasteiger partial charge in [-0.1, -0.05) is 18.2 Å². The zero-order valence-corrected chi connectivity index (χ0v) is 10.3. The van der Waals surface area contributed by atoms with E-state index in [2.05, 4.69) is 18.2 Å². The van der Waals surface area contributed by atoms with Gasteiger partial charge in [-0.25, -0.2) is 0 Å². The lowest BCUT2D eigenvalue weighted by Crippen LogP contribution is -2.29. The molecule has 0 amide bonds. The molecular weight excluding hydrogens is 214 g/mol. The second-order valence-electron chi connectivity index (χ2n) is 4.33. The Morgan fingerprint density at radius 2 is 1.76 bits per heavy atom. The summed E-state index contributed by atoms with van der Waals surface area (Å²) in [7, 11) is 3.30. The Bertz CT molecular complexity index is 415. The number of nitrogens with two attached hydrogens (primary N) is 1. The lowest BCUT2D eigenvalue weighted by molar-refractivity contribution is 0.353. The van der Waals surface area contributed by atoms with Crippen LogP contribution in [0, 0.1) is 0 Å². The van der Waals surface area contributed by atoms with E-state index in [9.17, 15) is 0 Å². The predicted molar refractivity (Wildman–Crippen MR) is 68.6 cm³/mol. The Morgan fingerprint density at radius 3 is 2.41 bits per heavy atom. The van der Waals surface area contributed by atoms with Gasteiger partial charge in [0.25, 0.3) is 0 Å². The molecule has 3 heteroatoms. The van der Waals surface area contributed by atoms with Crippen molar-refractivity contribution in [1.29, 1.82) is 0 Å². The van der Waals surface area contributed by atoms with Crippen molar-refractivity contribution in [2.45, 2.75) is 24.8 Å². The fourth-order valence-electron chi connectivity index (χ4n) is 2.30. The Morgan fingerprint density at radius 1 is 1.06 bits per heavy atom. The quantitative estimate of drug-likeness (QED) is 0.816. The standard InChI is InChI=1S/C14H19NO2/c1-16-13-8-7-10(9-14(13)17-2)11-5-3-4-6-12(11)15/h3-4,7-9,11-12H,5-6,15H2,1-2H3/t11-,12+/m0/s1. The number of allylic oxidation sites excluding steroid dienone is 1. The molecule has 0 unspecified atom stereocenters. The van der Waals surface area contributed by atoms with Crippen LogP contribution in [0.25, 0.3) is 0 Å². The highest BCUT2D eigenvalue weighted by Crippen LogP contribution is 2.34. The zero-order chi connectivity index (χ0) is 12.3. The predicted octanol–water partition coefficient (Wildman–Crippen LogP) is 2.46. The van der Waals surface area contributed by atoms with Crippen molar-refractivity contribution >= 4 is 0 Å². The topological polar surface area (TPSA) is 44.5 Å². The number of benzene rings is 1. The van der Waals surface area contributed by atoms with Gasteiger partial charge in [-0.05, 0) is 30.5 Å². The number of methoxy groups -OCH3 is 2. The van der Waals surface area contributed by atoms with Gasteiger partial charge in [0, 0.05) is 12.0 Å². The highest BCUT2D eigenvalue weighted by atomic mass is 16.5. The van der Waals surface area contributed by atoms with Crippen molar-refractivity contribution in [3.05, 3.63) is 35.9 Å². The molecule has 2 N–H and O–H groups in total. The molecule has 1 aromatic carbocycles. The van der Waals surface area contributed by atoms with Crippen molar-refractivity contribution < 1.29 is 9.47 Å². The van der Waals surface area contributed by atoms with E-state index in [4.69, 9.17) is 15.2 Å². The van der Waals surface area contributed by atoms with Crippen LogP contribution in [0.1, 0.15) is 24.3 Å². The molecule has 0 aromatic heterocycles. The Kier molecular flexibility index (Phi) is 3.69. The molecule has 0 spiro atoms. The smallest absolute Gasteiger partial charge is 0.160 e. The summed E-state index contributed by atoms with van der Waals surface area (Å²) >= 11 is 0. The van der Waals surface area contributed by atoms with Crippen LogP contribution in [0.2, 0.25) is 0 Å². The molecule has 2 rings (SSSR count). The molecule has 92 valence electrons. The largest absolute Gasteiger partial charge is 0.493 e. The number of ether oxygens (including phenoxy) is 2. The minimum Gasteiger partial charge on any atom is -0.493 e. The first-order valence-corrected chi connectivity index (χ1v) is 5.88. The Balaban J connectivity index is 2.29. The molecule has 0 radical (unpaired) electrons. The molecule has 1 aliphatic rings. The average Bonchev–Trinajstić information content (AvgIpc) is 2.38. The molecule has 0 saturated heterocycles. The van der Waals surface area contributed by atoms with E-state index < -0.39 is 0 Å². The lowest BCUT2D eigenvalue weighted by Gasteiger charge is -2.26. The second kappa shape index (κ2) is 5.23. The van der Waals surface area contributed by atoms with Crippen molar-refractivity contribution in [2.24, 2.45) is 5.73 Å². The van der Waals surface area contributed by atoms with Crippen LogP contribution in [-0.4, -0.2) is 20.3 Å². The minimum absolute atomic E-state index is 0.193. The monoisotopic (exact) mass is 233 g/mol. The van der Waals surface area contributed by atoms with Gasteiger partial charge in [-0.3, -0.25) is 0 Å². The van der Waals surface area contributed by atoms with Gasteiger partial charge in [0.15, 0.2) is 11.5 Å². The molecule has 0 fully saturated rings. The van der Waals surface area contributed by atoms with Crippen LogP contribution >= 0.6 is 0 Å². The van der Waals surface area contributed by atoms with Crippen molar-refractivity contribution in [3.8, 4) is 11.5 Å². The fourth-order valence-corrected chi connectivity index (χ4v) is 2.30. The van der Waals surface area contributed by atoms with Crippen molar-refractivity contribution in [3.63, 3.8) is 0 Å². The molecule has 17 heavy (non-hydrogen) atoms. The van der Waals surface area contributed by atoms with Crippen LogP contribution in [0.5, 0.6) is 11.5 Å². The van der Waals surface area contributed by atoms with E-state index in [0.717, 1.165) is 24.3 Å². The van der Waals surface area contributed by atoms with Crippen molar-refractivity contribution in [1.82, 2.24) is 0 Å². The normalized spacial score (nSPS) is 23.5. The second-order valence-corrected chi connectivity index (χ2v) is 4.33. The first-order valence-electron chi connectivity index (χ1n) is 5.88. The first-order chi connectivity index (χ1) is 8.26. The van der Waals surface area contributed by atoms with E-state index in [1.807, 2.05) is 12.1 Å². The fraction of sp³-hybridized carbons (Fsp3) is 0.429. The van der Waals surface area contributed by atoms with Gasteiger partial charge in [0.05, 0.1) is 14.2 Å². The molecule has 0 saturated carbocycles. The number of hydrogen-bond donors (Lipinski definition) is 1. The third kappa shape index (κ3) is 2.44. The maximum Gasteiger partial charge on any atom is 0.160 e. The van der Waals surface area contributed by atoms with Crippen molar-refractivity contribution in [2.75, 3.05) is 14.2 Å². The number of hydrogen-bond acceptors (Lipinski definition) is 3. The van der Waals surface area contributed by atoms with Crippen LogP contribution < -0.4 is 15.2 Å².